The first kappa shape index (κ1) is 25.0. The molecule has 1 atom stereocenters. The summed E-state index contributed by atoms with van der Waals surface area (Å²) < 4.78 is 10.9. The van der Waals surface area contributed by atoms with Gasteiger partial charge >= 0.3 is 0 Å². The third-order valence-electron chi connectivity index (χ3n) is 6.78. The Balaban J connectivity index is 1.58. The molecule has 5 rings (SSSR count). The number of nitrogens with one attached hydrogen (secondary N) is 1. The lowest BCUT2D eigenvalue weighted by atomic mass is 9.95. The highest BCUT2D eigenvalue weighted by Gasteiger charge is 2.46. The van der Waals surface area contributed by atoms with Crippen molar-refractivity contribution in [3.63, 3.8) is 0 Å². The van der Waals surface area contributed by atoms with Crippen LogP contribution in [0.5, 0.6) is 17.2 Å². The van der Waals surface area contributed by atoms with Crippen LogP contribution in [-0.4, -0.2) is 52.0 Å². The van der Waals surface area contributed by atoms with Crippen LogP contribution in [0.15, 0.2) is 78.5 Å². The fourth-order valence-corrected chi connectivity index (χ4v) is 4.91. The minimum Gasteiger partial charge on any atom is -0.507 e. The van der Waals surface area contributed by atoms with Crippen molar-refractivity contribution in [2.75, 3.05) is 20.3 Å². The molecular formula is C30H28N2O6. The number of ketones is 1. The fourth-order valence-electron chi connectivity index (χ4n) is 4.91. The Morgan fingerprint density at radius 3 is 2.58 bits per heavy atom. The molecule has 1 saturated heterocycles. The zero-order valence-electron chi connectivity index (χ0n) is 21.1. The van der Waals surface area contributed by atoms with Crippen LogP contribution in [0, 0.1) is 0 Å². The molecule has 0 aliphatic carbocycles. The molecule has 1 aliphatic heterocycles. The number of aliphatic hydroxyl groups excluding tert-OH is 1. The van der Waals surface area contributed by atoms with E-state index in [1.807, 2.05) is 24.4 Å². The zero-order chi connectivity index (χ0) is 26.8. The molecule has 8 nitrogen and oxygen atoms in total. The molecule has 0 radical (unpaired) electrons. The van der Waals surface area contributed by atoms with Gasteiger partial charge in [-0.2, -0.15) is 0 Å². The number of methoxy groups -OCH3 is 1. The van der Waals surface area contributed by atoms with E-state index in [0.717, 1.165) is 16.5 Å². The number of fused-ring (bicyclic) bond motifs is 1. The Morgan fingerprint density at radius 2 is 1.84 bits per heavy atom. The van der Waals surface area contributed by atoms with Gasteiger partial charge in [0.25, 0.3) is 11.7 Å². The number of ether oxygens (including phenoxy) is 2. The molecule has 1 amide bonds. The molecule has 4 aromatic rings. The van der Waals surface area contributed by atoms with Crippen molar-refractivity contribution in [1.82, 2.24) is 9.88 Å². The number of amides is 1. The van der Waals surface area contributed by atoms with Crippen LogP contribution in [0.1, 0.15) is 29.7 Å². The summed E-state index contributed by atoms with van der Waals surface area (Å²) in [6, 6.07) is 18.2. The molecule has 3 aromatic carbocycles. The number of Topliss-reactive ketones (excluding diaryl/α,β-unsaturated/α-hetero) is 1. The van der Waals surface area contributed by atoms with E-state index < -0.39 is 17.7 Å². The van der Waals surface area contributed by atoms with Gasteiger partial charge in [0.15, 0.2) is 11.5 Å². The highest BCUT2D eigenvalue weighted by Crippen LogP contribution is 2.42. The molecule has 0 unspecified atom stereocenters. The second-order valence-corrected chi connectivity index (χ2v) is 8.99. The van der Waals surface area contributed by atoms with E-state index in [0.29, 0.717) is 29.9 Å². The number of aliphatic hydroxyl groups is 1. The lowest BCUT2D eigenvalue weighted by Gasteiger charge is -2.26. The van der Waals surface area contributed by atoms with Gasteiger partial charge in [-0.05, 0) is 54.8 Å². The predicted molar refractivity (Wildman–Crippen MR) is 143 cm³/mol. The molecule has 0 spiro atoms. The third kappa shape index (κ3) is 4.45. The van der Waals surface area contributed by atoms with Gasteiger partial charge in [0.1, 0.15) is 11.5 Å². The molecule has 1 aliphatic rings. The SMILES string of the molecule is CCOc1cc([C@H]2C(=C(O)c3ccccc3)C(=O)C(=O)N2CCc2c[nH]c3ccc(OC)cc23)ccc1O. The number of hydrogen-bond acceptors (Lipinski definition) is 6. The first-order valence-corrected chi connectivity index (χ1v) is 12.4. The third-order valence-corrected chi connectivity index (χ3v) is 6.78. The van der Waals surface area contributed by atoms with Crippen LogP contribution in [0.2, 0.25) is 0 Å². The van der Waals surface area contributed by atoms with Gasteiger partial charge in [-0.3, -0.25) is 9.59 Å². The van der Waals surface area contributed by atoms with Crippen molar-refractivity contribution >= 4 is 28.4 Å². The van der Waals surface area contributed by atoms with Gasteiger partial charge in [-0.25, -0.2) is 0 Å². The van der Waals surface area contributed by atoms with E-state index in [2.05, 4.69) is 4.98 Å². The molecule has 38 heavy (non-hydrogen) atoms. The van der Waals surface area contributed by atoms with Crippen LogP contribution in [0.3, 0.4) is 0 Å². The van der Waals surface area contributed by atoms with E-state index >= 15 is 0 Å². The summed E-state index contributed by atoms with van der Waals surface area (Å²) in [4.78, 5) is 31.4. The molecule has 8 heteroatoms. The number of carbonyl (C=O) groups is 2. The van der Waals surface area contributed by atoms with Crippen molar-refractivity contribution < 1.29 is 29.3 Å². The van der Waals surface area contributed by atoms with Crippen LogP contribution in [-0.2, 0) is 16.0 Å². The van der Waals surface area contributed by atoms with Gasteiger partial charge in [-0.15, -0.1) is 0 Å². The van der Waals surface area contributed by atoms with Gasteiger partial charge in [0.2, 0.25) is 0 Å². The van der Waals surface area contributed by atoms with Crippen molar-refractivity contribution in [3.05, 3.63) is 95.2 Å². The topological polar surface area (TPSA) is 112 Å². The Morgan fingerprint density at radius 1 is 1.05 bits per heavy atom. The molecule has 0 saturated carbocycles. The number of benzene rings is 3. The maximum absolute atomic E-state index is 13.4. The number of aromatic hydroxyl groups is 1. The number of H-pyrrole nitrogens is 1. The summed E-state index contributed by atoms with van der Waals surface area (Å²) in [5.41, 5.74) is 2.87. The number of phenolic OH excluding ortho intramolecular Hbond substituents is 1. The quantitative estimate of drug-likeness (QED) is 0.175. The largest absolute Gasteiger partial charge is 0.507 e. The maximum Gasteiger partial charge on any atom is 0.295 e. The van der Waals surface area contributed by atoms with E-state index in [1.165, 1.54) is 11.0 Å². The molecule has 0 bridgehead atoms. The van der Waals surface area contributed by atoms with Crippen molar-refractivity contribution in [2.45, 2.75) is 19.4 Å². The lowest BCUT2D eigenvalue weighted by molar-refractivity contribution is -0.139. The number of likely N-dealkylation sites (tertiary alicyclic amines) is 1. The average Bonchev–Trinajstić information content (AvgIpc) is 3.46. The minimum atomic E-state index is -0.866. The van der Waals surface area contributed by atoms with Crippen LogP contribution in [0.25, 0.3) is 16.7 Å². The number of phenols is 1. The molecule has 1 aromatic heterocycles. The second kappa shape index (κ2) is 10.3. The smallest absolute Gasteiger partial charge is 0.295 e. The first-order valence-electron chi connectivity index (χ1n) is 12.4. The number of rotatable bonds is 8. The average molecular weight is 513 g/mol. The first-order chi connectivity index (χ1) is 18.4. The van der Waals surface area contributed by atoms with Gasteiger partial charge in [-0.1, -0.05) is 36.4 Å². The van der Waals surface area contributed by atoms with E-state index in [9.17, 15) is 19.8 Å². The highest BCUT2D eigenvalue weighted by atomic mass is 16.5. The van der Waals surface area contributed by atoms with Gasteiger partial charge in [0, 0.05) is 29.2 Å². The molecular weight excluding hydrogens is 484 g/mol. The Bertz CT molecular complexity index is 1540. The predicted octanol–water partition coefficient (Wildman–Crippen LogP) is 4.95. The van der Waals surface area contributed by atoms with E-state index in [1.54, 1.807) is 56.5 Å². The minimum absolute atomic E-state index is 0.00469. The number of aromatic nitrogens is 1. The van der Waals surface area contributed by atoms with Crippen LogP contribution in [0.4, 0.5) is 0 Å². The molecule has 1 fully saturated rings. The van der Waals surface area contributed by atoms with Gasteiger partial charge < -0.3 is 29.6 Å². The molecule has 2 heterocycles. The van der Waals surface area contributed by atoms with Crippen molar-refractivity contribution in [3.8, 4) is 17.2 Å². The summed E-state index contributed by atoms with van der Waals surface area (Å²) in [7, 11) is 1.61. The number of carbonyl (C=O) groups excluding carboxylic acids is 2. The lowest BCUT2D eigenvalue weighted by Crippen LogP contribution is -2.31. The normalized spacial score (nSPS) is 16.8. The number of nitrogens with zero attached hydrogens (tertiary/aromatic N) is 1. The summed E-state index contributed by atoms with van der Waals surface area (Å²) in [5, 5.41) is 22.4. The Hall–Kier alpha value is -4.72. The van der Waals surface area contributed by atoms with E-state index in [-0.39, 0.29) is 29.4 Å². The zero-order valence-corrected chi connectivity index (χ0v) is 21.1. The summed E-state index contributed by atoms with van der Waals surface area (Å²) in [6.07, 6.45) is 2.34. The van der Waals surface area contributed by atoms with Crippen LogP contribution >= 0.6 is 0 Å². The highest BCUT2D eigenvalue weighted by molar-refractivity contribution is 6.46. The van der Waals surface area contributed by atoms with Gasteiger partial charge in [0.05, 0.1) is 25.3 Å². The monoisotopic (exact) mass is 512 g/mol. The number of aromatic amines is 1. The van der Waals surface area contributed by atoms with Crippen molar-refractivity contribution in [2.24, 2.45) is 0 Å². The molecule has 3 N–H and O–H groups in total. The van der Waals surface area contributed by atoms with Crippen LogP contribution < -0.4 is 9.47 Å². The standard InChI is InChI=1S/C30H28N2O6/c1-3-38-25-15-19(9-12-24(25)33)27-26(28(34)18-7-5-4-6-8-18)29(35)30(36)32(27)14-13-20-17-31-23-11-10-21(37-2)16-22(20)23/h4-12,15-17,27,31,33-34H,3,13-14H2,1-2H3/t27-/m0/s1. The van der Waals surface area contributed by atoms with E-state index in [4.69, 9.17) is 9.47 Å². The summed E-state index contributed by atoms with van der Waals surface area (Å²) in [5.74, 6) is -0.810. The summed E-state index contributed by atoms with van der Waals surface area (Å²) in [6.45, 7) is 2.34. The fraction of sp³-hybridized carbons (Fsp3) is 0.200. The number of hydrogen-bond donors (Lipinski definition) is 3. The maximum atomic E-state index is 13.4. The Labute approximate surface area is 219 Å². The summed E-state index contributed by atoms with van der Waals surface area (Å²) >= 11 is 0. The Kier molecular flexibility index (Phi) is 6.79. The second-order valence-electron chi connectivity index (χ2n) is 8.99. The van der Waals surface area contributed by atoms with Crippen molar-refractivity contribution in [1.29, 1.82) is 0 Å². The molecule has 194 valence electrons.